The van der Waals surface area contributed by atoms with Crippen molar-refractivity contribution in [2.75, 3.05) is 43.6 Å². The van der Waals surface area contributed by atoms with E-state index in [1.54, 1.807) is 19.2 Å². The number of amides is 2. The number of nitrogens with one attached hydrogen (secondary N) is 2. The van der Waals surface area contributed by atoms with Crippen molar-refractivity contribution in [3.05, 3.63) is 60.7 Å². The zero-order valence-corrected chi connectivity index (χ0v) is 20.6. The Hall–Kier alpha value is -4.14. The van der Waals surface area contributed by atoms with Crippen LogP contribution >= 0.6 is 0 Å². The molecule has 1 aromatic heterocycles. The van der Waals surface area contributed by atoms with E-state index in [0.29, 0.717) is 25.4 Å². The monoisotopic (exact) mass is 489 g/mol. The number of hydrogen-bond acceptors (Lipinski definition) is 7. The second-order valence-corrected chi connectivity index (χ2v) is 8.64. The number of methoxy groups -OCH3 is 1. The van der Waals surface area contributed by atoms with E-state index in [9.17, 15) is 9.59 Å². The van der Waals surface area contributed by atoms with Gasteiger partial charge in [0.05, 0.1) is 25.3 Å². The molecule has 1 aliphatic rings. The quantitative estimate of drug-likeness (QED) is 0.443. The van der Waals surface area contributed by atoms with E-state index in [1.807, 2.05) is 48.5 Å². The lowest BCUT2D eigenvalue weighted by molar-refractivity contribution is -0.120. The standard InChI is InChI=1S/C27H31N5O4/c1-19(33)28-15-17-36-24-11-7-22(8-12-24)29-27(34)21-4-3-16-32(18-21)26-14-13-25(30-31-26)20-5-9-23(35-2)10-6-20/h5-14,21H,3-4,15-18H2,1-2H3,(H,28,33)(H,29,34). The predicted octanol–water partition coefficient (Wildman–Crippen LogP) is 3.52. The highest BCUT2D eigenvalue weighted by atomic mass is 16.5. The third kappa shape index (κ3) is 6.71. The summed E-state index contributed by atoms with van der Waals surface area (Å²) >= 11 is 0. The molecule has 2 N–H and O–H groups in total. The molecular formula is C27H31N5O4. The summed E-state index contributed by atoms with van der Waals surface area (Å²) in [6.45, 7) is 3.72. The molecule has 4 rings (SSSR count). The molecule has 188 valence electrons. The highest BCUT2D eigenvalue weighted by molar-refractivity contribution is 5.93. The molecule has 1 fully saturated rings. The summed E-state index contributed by atoms with van der Waals surface area (Å²) in [6.07, 6.45) is 1.73. The predicted molar refractivity (Wildman–Crippen MR) is 138 cm³/mol. The molecule has 1 atom stereocenters. The molecule has 3 aromatic rings. The molecule has 2 amide bonds. The number of piperidine rings is 1. The Balaban J connectivity index is 1.30. The fraction of sp³-hybridized carbons (Fsp3) is 0.333. The second-order valence-electron chi connectivity index (χ2n) is 8.64. The molecule has 1 aliphatic heterocycles. The van der Waals surface area contributed by atoms with Gasteiger partial charge in [-0.25, -0.2) is 0 Å². The van der Waals surface area contributed by atoms with E-state index >= 15 is 0 Å². The first-order chi connectivity index (χ1) is 17.5. The topological polar surface area (TPSA) is 106 Å². The van der Waals surface area contributed by atoms with E-state index in [2.05, 4.69) is 25.7 Å². The first-order valence-corrected chi connectivity index (χ1v) is 12.0. The van der Waals surface area contributed by atoms with Crippen LogP contribution in [0, 0.1) is 5.92 Å². The van der Waals surface area contributed by atoms with Crippen LogP contribution in [0.3, 0.4) is 0 Å². The third-order valence-corrected chi connectivity index (χ3v) is 6.02. The molecule has 1 saturated heterocycles. The van der Waals surface area contributed by atoms with Gasteiger partial charge < -0.3 is 25.0 Å². The van der Waals surface area contributed by atoms with Gasteiger partial charge in [-0.1, -0.05) is 0 Å². The Morgan fingerprint density at radius 1 is 1.00 bits per heavy atom. The van der Waals surface area contributed by atoms with Gasteiger partial charge >= 0.3 is 0 Å². The lowest BCUT2D eigenvalue weighted by Crippen LogP contribution is -2.41. The molecule has 0 aliphatic carbocycles. The van der Waals surface area contributed by atoms with E-state index in [-0.39, 0.29) is 17.7 Å². The Kier molecular flexibility index (Phi) is 8.33. The van der Waals surface area contributed by atoms with E-state index < -0.39 is 0 Å². The minimum atomic E-state index is -0.143. The van der Waals surface area contributed by atoms with Crippen molar-refractivity contribution in [3.8, 4) is 22.8 Å². The van der Waals surface area contributed by atoms with Crippen LogP contribution in [0.4, 0.5) is 11.5 Å². The van der Waals surface area contributed by atoms with Crippen LogP contribution in [0.1, 0.15) is 19.8 Å². The summed E-state index contributed by atoms with van der Waals surface area (Å²) in [7, 11) is 1.64. The fourth-order valence-corrected chi connectivity index (χ4v) is 4.08. The molecule has 1 unspecified atom stereocenters. The second kappa shape index (κ2) is 12.0. The van der Waals surface area contributed by atoms with Crippen LogP contribution in [0.5, 0.6) is 11.5 Å². The molecule has 9 heteroatoms. The number of ether oxygens (including phenoxy) is 2. The van der Waals surface area contributed by atoms with Gasteiger partial charge in [0.2, 0.25) is 11.8 Å². The third-order valence-electron chi connectivity index (χ3n) is 6.02. The summed E-state index contributed by atoms with van der Waals surface area (Å²) in [5.41, 5.74) is 2.47. The minimum absolute atomic E-state index is 0.0122. The summed E-state index contributed by atoms with van der Waals surface area (Å²) < 4.78 is 10.8. The van der Waals surface area contributed by atoms with E-state index in [1.165, 1.54) is 6.92 Å². The summed E-state index contributed by atoms with van der Waals surface area (Å²) in [6, 6.07) is 18.8. The van der Waals surface area contributed by atoms with Crippen LogP contribution in [0.25, 0.3) is 11.3 Å². The van der Waals surface area contributed by atoms with Gasteiger partial charge in [-0.2, -0.15) is 0 Å². The first-order valence-electron chi connectivity index (χ1n) is 12.0. The highest BCUT2D eigenvalue weighted by Gasteiger charge is 2.27. The van der Waals surface area contributed by atoms with Gasteiger partial charge in [0.25, 0.3) is 0 Å². The van der Waals surface area contributed by atoms with Crippen LogP contribution in [-0.2, 0) is 9.59 Å². The highest BCUT2D eigenvalue weighted by Crippen LogP contribution is 2.25. The van der Waals surface area contributed by atoms with Crippen molar-refractivity contribution < 1.29 is 19.1 Å². The Labute approximate surface area is 210 Å². The van der Waals surface area contributed by atoms with E-state index in [0.717, 1.165) is 47.9 Å². The van der Waals surface area contributed by atoms with Gasteiger partial charge in [-0.15, -0.1) is 10.2 Å². The van der Waals surface area contributed by atoms with Gasteiger partial charge in [-0.3, -0.25) is 9.59 Å². The zero-order valence-electron chi connectivity index (χ0n) is 20.6. The number of rotatable bonds is 9. The summed E-state index contributed by atoms with van der Waals surface area (Å²) in [4.78, 5) is 26.0. The molecule has 2 heterocycles. The van der Waals surface area contributed by atoms with Gasteiger partial charge in [0.15, 0.2) is 5.82 Å². The smallest absolute Gasteiger partial charge is 0.229 e. The maximum absolute atomic E-state index is 12.9. The number of hydrogen-bond donors (Lipinski definition) is 2. The lowest BCUT2D eigenvalue weighted by atomic mass is 9.97. The largest absolute Gasteiger partial charge is 0.497 e. The average Bonchev–Trinajstić information content (AvgIpc) is 2.92. The molecule has 9 nitrogen and oxygen atoms in total. The lowest BCUT2D eigenvalue weighted by Gasteiger charge is -2.32. The molecule has 0 radical (unpaired) electrons. The Morgan fingerprint density at radius 3 is 2.42 bits per heavy atom. The number of anilines is 2. The molecule has 0 bridgehead atoms. The maximum Gasteiger partial charge on any atom is 0.229 e. The number of carbonyl (C=O) groups is 2. The SMILES string of the molecule is COc1ccc(-c2ccc(N3CCCC(C(=O)Nc4ccc(OCCNC(C)=O)cc4)C3)nn2)cc1. The fourth-order valence-electron chi connectivity index (χ4n) is 4.08. The Bertz CT molecular complexity index is 1150. The van der Waals surface area contributed by atoms with Gasteiger partial charge in [0, 0.05) is 31.3 Å². The van der Waals surface area contributed by atoms with Crippen molar-refractivity contribution in [2.45, 2.75) is 19.8 Å². The van der Waals surface area contributed by atoms with Crippen molar-refractivity contribution in [1.29, 1.82) is 0 Å². The molecule has 0 saturated carbocycles. The number of nitrogens with zero attached hydrogens (tertiary/aromatic N) is 3. The van der Waals surface area contributed by atoms with Crippen LogP contribution in [0.2, 0.25) is 0 Å². The van der Waals surface area contributed by atoms with Crippen molar-refractivity contribution in [1.82, 2.24) is 15.5 Å². The minimum Gasteiger partial charge on any atom is -0.497 e. The number of aromatic nitrogens is 2. The molecular weight excluding hydrogens is 458 g/mol. The molecule has 0 spiro atoms. The summed E-state index contributed by atoms with van der Waals surface area (Å²) in [5, 5.41) is 14.5. The number of carbonyl (C=O) groups excluding carboxylic acids is 2. The number of benzene rings is 2. The maximum atomic E-state index is 12.9. The van der Waals surface area contributed by atoms with Crippen molar-refractivity contribution in [2.24, 2.45) is 5.92 Å². The van der Waals surface area contributed by atoms with Crippen molar-refractivity contribution >= 4 is 23.3 Å². The van der Waals surface area contributed by atoms with E-state index in [4.69, 9.17) is 9.47 Å². The Morgan fingerprint density at radius 2 is 1.75 bits per heavy atom. The first kappa shape index (κ1) is 25.0. The van der Waals surface area contributed by atoms with Crippen LogP contribution in [0.15, 0.2) is 60.7 Å². The summed E-state index contributed by atoms with van der Waals surface area (Å²) in [5.74, 6) is 2.00. The van der Waals surface area contributed by atoms with Gasteiger partial charge in [-0.05, 0) is 73.5 Å². The average molecular weight is 490 g/mol. The van der Waals surface area contributed by atoms with Crippen molar-refractivity contribution in [3.63, 3.8) is 0 Å². The van der Waals surface area contributed by atoms with Crippen LogP contribution in [-0.4, -0.2) is 55.4 Å². The molecule has 2 aromatic carbocycles. The normalized spacial score (nSPS) is 15.2. The van der Waals surface area contributed by atoms with Gasteiger partial charge in [0.1, 0.15) is 18.1 Å². The zero-order chi connectivity index (χ0) is 25.3. The van der Waals surface area contributed by atoms with Crippen LogP contribution < -0.4 is 25.0 Å². The molecule has 36 heavy (non-hydrogen) atoms.